The lowest BCUT2D eigenvalue weighted by Crippen LogP contribution is -2.16. The Morgan fingerprint density at radius 1 is 0.0915 bits per heavy atom. The Morgan fingerprint density at radius 3 is 0.246 bits per heavy atom. The number of hydrogen-bond donors (Lipinski definition) is 0. The summed E-state index contributed by atoms with van der Waals surface area (Å²) in [7, 11) is 3.29. The molecule has 0 amide bonds. The van der Waals surface area contributed by atoms with Gasteiger partial charge in [-0.15, -0.1) is 0 Å². The normalized spacial score (nSPS) is 11.6. The first-order valence-electron chi connectivity index (χ1n) is 50.0. The van der Waals surface area contributed by atoms with Crippen molar-refractivity contribution in [2.45, 2.75) is 0 Å². The van der Waals surface area contributed by atoms with Crippen LogP contribution >= 0.6 is 0 Å². The molecule has 6 aromatic carbocycles. The number of methoxy groups -OCH3 is 2. The number of benzene rings is 6. The lowest BCUT2D eigenvalue weighted by Gasteiger charge is -2.10. The fourth-order valence-electron chi connectivity index (χ4n) is 12.4. The molecule has 0 N–H and O–H groups in total. The maximum atomic E-state index is 5.95. The number of ether oxygens (including phenoxy) is 36. The third kappa shape index (κ3) is 72.8. The summed E-state index contributed by atoms with van der Waals surface area (Å²) >= 11 is 0. The average molecular weight is 2020 g/mol. The van der Waals surface area contributed by atoms with Crippen LogP contribution in [0.1, 0.15) is 0 Å². The standard InChI is InChI=1S/C106H166O36/c1-107-27-29-109-31-33-111-35-37-113-39-41-115-43-45-117-47-49-119-51-53-121-55-57-123-59-61-125-63-65-127-67-69-129-71-73-131-75-77-133-79-81-135-83-85-137-87-89-139-91-93-141-105-23-19-103(20-24-105)101-15-11-99(12-16-101)97-7-3-95(4-8-97)96-5-9-98(10-6-96)100-13-17-102(18-14-100)104-21-25-106(26-22-104)142-94-92-140-90-88-138-86-84-136-82-80-134-78-76-132-74-72-130-70-68-128-66-64-126-62-60-124-58-56-122-54-52-120-50-48-118-46-44-116-42-40-114-38-36-112-34-32-110-30-28-108-2/h3-26H,27-94H2,1-2H3. The highest BCUT2D eigenvalue weighted by Gasteiger charge is 2.11. The van der Waals surface area contributed by atoms with E-state index in [2.05, 4.69) is 121 Å². The van der Waals surface area contributed by atoms with E-state index in [1.54, 1.807) is 14.2 Å². The van der Waals surface area contributed by atoms with Crippen molar-refractivity contribution < 1.29 is 171 Å². The molecule has 0 unspecified atom stereocenters. The molecule has 0 heterocycles. The molecule has 6 aromatic rings. The molecule has 0 spiro atoms. The van der Waals surface area contributed by atoms with Gasteiger partial charge in [0.15, 0.2) is 0 Å². The summed E-state index contributed by atoms with van der Waals surface area (Å²) in [4.78, 5) is 0. The SMILES string of the molecule is COCCOCCOCCOCCOCCOCCOCCOCCOCCOCCOCCOCCOCCOCCOCCOCCOCCOc1ccc(-c2ccc(-c3ccc(-c4ccc(-c5ccc(-c6ccc(OCCOCCOCCOCCOCCOCCOCCOCCOCCOCCOCCOCCOCCOCCOCCOCCOCCOC)cc6)cc5)cc4)cc3)cc2)cc1. The van der Waals surface area contributed by atoms with Gasteiger partial charge in [-0.1, -0.05) is 121 Å². The molecule has 0 saturated carbocycles. The highest BCUT2D eigenvalue weighted by molar-refractivity contribution is 5.76. The van der Waals surface area contributed by atoms with Gasteiger partial charge >= 0.3 is 0 Å². The fourth-order valence-corrected chi connectivity index (χ4v) is 12.4. The topological polar surface area (TPSA) is 332 Å². The summed E-state index contributed by atoms with van der Waals surface area (Å²) in [5.74, 6) is 1.58. The lowest BCUT2D eigenvalue weighted by atomic mass is 9.96. The first kappa shape index (κ1) is 124. The highest BCUT2D eigenvalue weighted by atomic mass is 16.6. The Labute approximate surface area is 842 Å². The van der Waals surface area contributed by atoms with Crippen molar-refractivity contribution in [1.82, 2.24) is 0 Å². The van der Waals surface area contributed by atoms with Crippen molar-refractivity contribution in [2.75, 3.05) is 463 Å². The summed E-state index contributed by atoms with van der Waals surface area (Å²) in [5, 5.41) is 0. The van der Waals surface area contributed by atoms with Crippen LogP contribution in [0.3, 0.4) is 0 Å². The van der Waals surface area contributed by atoms with Crippen LogP contribution in [0, 0.1) is 0 Å². The smallest absolute Gasteiger partial charge is 0.119 e. The molecule has 0 aliphatic heterocycles. The van der Waals surface area contributed by atoms with Crippen molar-refractivity contribution in [3.8, 4) is 67.1 Å². The second-order valence-corrected chi connectivity index (χ2v) is 30.6. The summed E-state index contributed by atoms with van der Waals surface area (Å²) in [5.41, 5.74) is 11.4. The van der Waals surface area contributed by atoms with Crippen molar-refractivity contribution in [3.63, 3.8) is 0 Å². The van der Waals surface area contributed by atoms with E-state index in [1.807, 2.05) is 24.3 Å². The molecular formula is C106H166O36. The molecule has 0 fully saturated rings. The molecule has 0 atom stereocenters. The third-order valence-electron chi connectivity index (χ3n) is 19.9. The van der Waals surface area contributed by atoms with Crippen LogP contribution in [0.2, 0.25) is 0 Å². The monoisotopic (exact) mass is 2020 g/mol. The van der Waals surface area contributed by atoms with E-state index in [4.69, 9.17) is 171 Å². The summed E-state index contributed by atoms with van der Waals surface area (Å²) in [6.45, 7) is 33.5. The van der Waals surface area contributed by atoms with E-state index >= 15 is 0 Å². The van der Waals surface area contributed by atoms with E-state index < -0.39 is 0 Å². The van der Waals surface area contributed by atoms with Crippen LogP contribution in [0.15, 0.2) is 146 Å². The number of rotatable bonds is 109. The van der Waals surface area contributed by atoms with Gasteiger partial charge in [0.1, 0.15) is 24.7 Å². The van der Waals surface area contributed by atoms with Crippen LogP contribution < -0.4 is 9.47 Å². The van der Waals surface area contributed by atoms with Crippen molar-refractivity contribution in [3.05, 3.63) is 146 Å². The second kappa shape index (κ2) is 96.7. The zero-order valence-corrected chi connectivity index (χ0v) is 84.6. The molecule has 6 rings (SSSR count). The Balaban J connectivity index is 0.611. The Morgan fingerprint density at radius 2 is 0.162 bits per heavy atom. The maximum absolute atomic E-state index is 5.95. The van der Waals surface area contributed by atoms with Gasteiger partial charge in [-0.25, -0.2) is 0 Å². The van der Waals surface area contributed by atoms with Crippen LogP contribution in [-0.4, -0.2) is 463 Å². The van der Waals surface area contributed by atoms with E-state index in [1.165, 1.54) is 0 Å². The first-order valence-corrected chi connectivity index (χ1v) is 50.0. The van der Waals surface area contributed by atoms with E-state index in [9.17, 15) is 0 Å². The van der Waals surface area contributed by atoms with Gasteiger partial charge in [0.2, 0.25) is 0 Å². The molecule has 0 saturated heterocycles. The van der Waals surface area contributed by atoms with Crippen LogP contribution in [0.5, 0.6) is 11.5 Å². The highest BCUT2D eigenvalue weighted by Crippen LogP contribution is 2.32. The van der Waals surface area contributed by atoms with Crippen LogP contribution in [0.25, 0.3) is 55.6 Å². The van der Waals surface area contributed by atoms with Gasteiger partial charge in [0.25, 0.3) is 0 Å². The predicted molar refractivity (Wildman–Crippen MR) is 535 cm³/mol. The molecule has 36 heteroatoms. The molecule has 0 aliphatic carbocycles. The van der Waals surface area contributed by atoms with Gasteiger partial charge in [-0.2, -0.15) is 0 Å². The Kier molecular flexibility index (Phi) is 84.6. The molecule has 806 valence electrons. The minimum Gasteiger partial charge on any atom is -0.491 e. The van der Waals surface area contributed by atoms with Crippen LogP contribution in [-0.2, 0) is 161 Å². The maximum Gasteiger partial charge on any atom is 0.119 e. The molecule has 0 radical (unpaired) electrons. The Hall–Kier alpha value is -6.44. The molecule has 0 aliphatic rings. The fraction of sp³-hybridized carbons (Fsp3) is 0.660. The summed E-state index contributed by atoms with van der Waals surface area (Å²) in [6.07, 6.45) is 0. The zero-order valence-electron chi connectivity index (χ0n) is 84.6. The van der Waals surface area contributed by atoms with Crippen molar-refractivity contribution >= 4 is 0 Å². The summed E-state index contributed by atoms with van der Waals surface area (Å²) in [6, 6.07) is 51.1. The minimum atomic E-state index is 0.437. The largest absolute Gasteiger partial charge is 0.491 e. The van der Waals surface area contributed by atoms with E-state index in [0.717, 1.165) is 67.1 Å². The van der Waals surface area contributed by atoms with E-state index in [-0.39, 0.29) is 0 Å². The molecule has 0 aromatic heterocycles. The average Bonchev–Trinajstić information content (AvgIpc) is 0.818. The number of hydrogen-bond acceptors (Lipinski definition) is 36. The molecule has 142 heavy (non-hydrogen) atoms. The molecule has 36 nitrogen and oxygen atoms in total. The quantitative estimate of drug-likeness (QED) is 0.0320. The zero-order chi connectivity index (χ0) is 99.4. The van der Waals surface area contributed by atoms with Crippen molar-refractivity contribution in [2.24, 2.45) is 0 Å². The molecule has 0 bridgehead atoms. The van der Waals surface area contributed by atoms with Gasteiger partial charge in [-0.3, -0.25) is 0 Å². The van der Waals surface area contributed by atoms with Gasteiger partial charge < -0.3 is 171 Å². The van der Waals surface area contributed by atoms with Gasteiger partial charge in [0.05, 0.1) is 436 Å². The van der Waals surface area contributed by atoms with Gasteiger partial charge in [0, 0.05) is 14.2 Å². The minimum absolute atomic E-state index is 0.437. The lowest BCUT2D eigenvalue weighted by molar-refractivity contribution is -0.0306. The molecular weight excluding hydrogens is 1850 g/mol. The second-order valence-electron chi connectivity index (χ2n) is 30.6. The van der Waals surface area contributed by atoms with E-state index in [0.29, 0.717) is 449 Å². The van der Waals surface area contributed by atoms with Crippen molar-refractivity contribution in [1.29, 1.82) is 0 Å². The third-order valence-corrected chi connectivity index (χ3v) is 19.9. The Bertz CT molecular complexity index is 3370. The first-order chi connectivity index (χ1) is 70.7. The van der Waals surface area contributed by atoms with Gasteiger partial charge in [-0.05, 0) is 79.9 Å². The predicted octanol–water partition coefficient (Wildman–Crippen LogP) is 10.6. The van der Waals surface area contributed by atoms with Crippen LogP contribution in [0.4, 0.5) is 0 Å². The summed E-state index contributed by atoms with van der Waals surface area (Å²) < 4.78 is 199.